The molecule has 98 valence electrons. The molecule has 0 aliphatic carbocycles. The zero-order chi connectivity index (χ0) is 12.8. The largest absolute Gasteiger partial charge is 0.315 e. The van der Waals surface area contributed by atoms with Crippen molar-refractivity contribution in [2.24, 2.45) is 7.05 Å². The minimum absolute atomic E-state index is 0.788. The molecule has 7 nitrogen and oxygen atoms in total. The van der Waals surface area contributed by atoms with Gasteiger partial charge in [0.15, 0.2) is 0 Å². The van der Waals surface area contributed by atoms with E-state index in [1.54, 1.807) is 16.4 Å². The molecule has 0 radical (unpaired) electrons. The van der Waals surface area contributed by atoms with Gasteiger partial charge in [-0.2, -0.15) is 5.10 Å². The van der Waals surface area contributed by atoms with Gasteiger partial charge in [-0.25, -0.2) is 4.68 Å². The Hall–Kier alpha value is -1.41. The van der Waals surface area contributed by atoms with Crippen LogP contribution in [0.5, 0.6) is 0 Å². The molecule has 1 N–H and O–H groups in total. The lowest BCUT2D eigenvalue weighted by Gasteiger charge is -2.03. The maximum absolute atomic E-state index is 4.13. The Balaban J connectivity index is 1.87. The Kier molecular flexibility index (Phi) is 4.71. The Labute approximate surface area is 110 Å². The number of nitrogens with zero attached hydrogens (tertiary/aromatic N) is 6. The van der Waals surface area contributed by atoms with Gasteiger partial charge in [-0.1, -0.05) is 18.7 Å². The Morgan fingerprint density at radius 3 is 3.06 bits per heavy atom. The fourth-order valence-corrected chi connectivity index (χ4v) is 2.31. The zero-order valence-electron chi connectivity index (χ0n) is 10.6. The fraction of sp³-hybridized carbons (Fsp3) is 0.600. The lowest BCUT2D eigenvalue weighted by atomic mass is 10.4. The zero-order valence-corrected chi connectivity index (χ0v) is 11.4. The van der Waals surface area contributed by atoms with Crippen molar-refractivity contribution < 1.29 is 0 Å². The van der Waals surface area contributed by atoms with Gasteiger partial charge in [0.1, 0.15) is 0 Å². The van der Waals surface area contributed by atoms with Crippen LogP contribution in [0, 0.1) is 0 Å². The summed E-state index contributed by atoms with van der Waals surface area (Å²) in [6, 6.07) is 0. The Morgan fingerprint density at radius 1 is 1.44 bits per heavy atom. The minimum atomic E-state index is 0.788. The van der Waals surface area contributed by atoms with Gasteiger partial charge in [0.05, 0.1) is 12.7 Å². The monoisotopic (exact) mass is 267 g/mol. The van der Waals surface area contributed by atoms with Crippen LogP contribution in [0.15, 0.2) is 17.6 Å². The van der Waals surface area contributed by atoms with E-state index >= 15 is 0 Å². The van der Waals surface area contributed by atoms with Crippen LogP contribution in [0.3, 0.4) is 0 Å². The van der Waals surface area contributed by atoms with E-state index in [0.717, 1.165) is 30.5 Å². The number of thioether (sulfide) groups is 1. The molecule has 0 saturated carbocycles. The molecule has 0 aliphatic rings. The average Bonchev–Trinajstić information content (AvgIpc) is 2.96. The highest BCUT2D eigenvalue weighted by atomic mass is 32.2. The molecule has 0 amide bonds. The van der Waals surface area contributed by atoms with E-state index in [9.17, 15) is 0 Å². The molecule has 0 fully saturated rings. The summed E-state index contributed by atoms with van der Waals surface area (Å²) >= 11 is 1.62. The third-order valence-electron chi connectivity index (χ3n) is 2.38. The molecule has 2 aromatic rings. The molecule has 0 saturated heterocycles. The number of aryl methyl sites for hydroxylation is 1. The summed E-state index contributed by atoms with van der Waals surface area (Å²) in [7, 11) is 1.91. The third kappa shape index (κ3) is 3.54. The number of rotatable bonds is 7. The van der Waals surface area contributed by atoms with Crippen LogP contribution in [0.25, 0.3) is 0 Å². The summed E-state index contributed by atoms with van der Waals surface area (Å²) in [5, 5.41) is 19.9. The highest BCUT2D eigenvalue weighted by molar-refractivity contribution is 7.98. The second-order valence-electron chi connectivity index (χ2n) is 3.85. The molecule has 0 atom stereocenters. The lowest BCUT2D eigenvalue weighted by Crippen LogP contribution is -2.20. The topological polar surface area (TPSA) is 73.5 Å². The van der Waals surface area contributed by atoms with E-state index in [1.807, 2.05) is 24.1 Å². The first-order valence-electron chi connectivity index (χ1n) is 5.86. The van der Waals surface area contributed by atoms with Crippen LogP contribution in [0.4, 0.5) is 0 Å². The van der Waals surface area contributed by atoms with Crippen molar-refractivity contribution in [3.63, 3.8) is 0 Å². The predicted molar refractivity (Wildman–Crippen MR) is 69.1 cm³/mol. The quantitative estimate of drug-likeness (QED) is 0.575. The smallest absolute Gasteiger partial charge is 0.209 e. The SMILES string of the molecule is CCNCCn1nnnc1SCc1cnn(C)c1. The van der Waals surface area contributed by atoms with E-state index in [2.05, 4.69) is 32.9 Å². The van der Waals surface area contributed by atoms with Crippen LogP contribution in [-0.4, -0.2) is 43.1 Å². The molecule has 2 heterocycles. The van der Waals surface area contributed by atoms with Crippen LogP contribution in [-0.2, 0) is 19.3 Å². The first kappa shape index (κ1) is 13.0. The summed E-state index contributed by atoms with van der Waals surface area (Å²) in [5.41, 5.74) is 1.17. The van der Waals surface area contributed by atoms with E-state index in [1.165, 1.54) is 5.56 Å². The summed E-state index contributed by atoms with van der Waals surface area (Å²) in [5.74, 6) is 0.829. The van der Waals surface area contributed by atoms with Crippen LogP contribution < -0.4 is 5.32 Å². The molecule has 8 heteroatoms. The molecular formula is C10H17N7S. The van der Waals surface area contributed by atoms with Crippen LogP contribution in [0.2, 0.25) is 0 Å². The maximum Gasteiger partial charge on any atom is 0.209 e. The number of tetrazole rings is 1. The second-order valence-corrected chi connectivity index (χ2v) is 4.79. The van der Waals surface area contributed by atoms with Gasteiger partial charge >= 0.3 is 0 Å². The van der Waals surface area contributed by atoms with Gasteiger partial charge in [0.25, 0.3) is 0 Å². The van der Waals surface area contributed by atoms with Gasteiger partial charge in [-0.15, -0.1) is 5.10 Å². The van der Waals surface area contributed by atoms with Gasteiger partial charge < -0.3 is 5.32 Å². The first-order chi connectivity index (χ1) is 8.79. The van der Waals surface area contributed by atoms with Crippen molar-refractivity contribution in [2.45, 2.75) is 24.4 Å². The van der Waals surface area contributed by atoms with Crippen molar-refractivity contribution in [1.29, 1.82) is 0 Å². The predicted octanol–water partition coefficient (Wildman–Crippen LogP) is 0.308. The Bertz CT molecular complexity index is 478. The van der Waals surface area contributed by atoms with E-state index < -0.39 is 0 Å². The van der Waals surface area contributed by atoms with E-state index in [4.69, 9.17) is 0 Å². The van der Waals surface area contributed by atoms with Crippen LogP contribution >= 0.6 is 11.8 Å². The van der Waals surface area contributed by atoms with Crippen molar-refractivity contribution in [3.8, 4) is 0 Å². The Morgan fingerprint density at radius 2 is 2.33 bits per heavy atom. The van der Waals surface area contributed by atoms with Crippen molar-refractivity contribution >= 4 is 11.8 Å². The molecule has 0 aliphatic heterocycles. The molecule has 0 spiro atoms. The number of likely N-dealkylation sites (N-methyl/N-ethyl adjacent to an activating group) is 1. The lowest BCUT2D eigenvalue weighted by molar-refractivity contribution is 0.517. The normalized spacial score (nSPS) is 11.0. The number of aromatic nitrogens is 6. The molecule has 0 bridgehead atoms. The van der Waals surface area contributed by atoms with E-state index in [0.29, 0.717) is 0 Å². The van der Waals surface area contributed by atoms with Gasteiger partial charge in [-0.3, -0.25) is 4.68 Å². The second kappa shape index (κ2) is 6.50. The highest BCUT2D eigenvalue weighted by Crippen LogP contribution is 2.19. The van der Waals surface area contributed by atoms with Gasteiger partial charge in [0, 0.05) is 31.1 Å². The highest BCUT2D eigenvalue weighted by Gasteiger charge is 2.07. The summed E-state index contributed by atoms with van der Waals surface area (Å²) in [6.07, 6.45) is 3.86. The van der Waals surface area contributed by atoms with Gasteiger partial charge in [-0.05, 0) is 17.0 Å². The number of nitrogens with one attached hydrogen (secondary N) is 1. The summed E-state index contributed by atoms with van der Waals surface area (Å²) in [4.78, 5) is 0. The van der Waals surface area contributed by atoms with Crippen molar-refractivity contribution in [1.82, 2.24) is 35.3 Å². The number of hydrogen-bond donors (Lipinski definition) is 1. The van der Waals surface area contributed by atoms with Gasteiger partial charge in [0.2, 0.25) is 5.16 Å². The first-order valence-corrected chi connectivity index (χ1v) is 6.85. The molecule has 2 aromatic heterocycles. The molecule has 0 unspecified atom stereocenters. The van der Waals surface area contributed by atoms with E-state index in [-0.39, 0.29) is 0 Å². The summed E-state index contributed by atoms with van der Waals surface area (Å²) < 4.78 is 3.62. The average molecular weight is 267 g/mol. The molecule has 2 rings (SSSR count). The third-order valence-corrected chi connectivity index (χ3v) is 3.40. The molecular weight excluding hydrogens is 250 g/mol. The van der Waals surface area contributed by atoms with Crippen molar-refractivity contribution in [3.05, 3.63) is 18.0 Å². The number of hydrogen-bond acceptors (Lipinski definition) is 6. The summed E-state index contributed by atoms with van der Waals surface area (Å²) in [6.45, 7) is 4.70. The maximum atomic E-state index is 4.13. The standard InChI is InChI=1S/C10H17N7S/c1-3-11-4-5-17-10(13-14-15-17)18-8-9-6-12-16(2)7-9/h6-7,11H,3-5,8H2,1-2H3. The minimum Gasteiger partial charge on any atom is -0.315 e. The molecule has 18 heavy (non-hydrogen) atoms. The van der Waals surface area contributed by atoms with Crippen molar-refractivity contribution in [2.75, 3.05) is 13.1 Å². The molecule has 0 aromatic carbocycles. The fourth-order valence-electron chi connectivity index (χ4n) is 1.50. The van der Waals surface area contributed by atoms with Crippen LogP contribution in [0.1, 0.15) is 12.5 Å².